The van der Waals surface area contributed by atoms with Crippen LogP contribution in [0.25, 0.3) is 0 Å². The number of hydrogen-bond donors (Lipinski definition) is 1. The van der Waals surface area contributed by atoms with Crippen molar-refractivity contribution in [3.05, 3.63) is 35.9 Å². The smallest absolute Gasteiger partial charge is 0.326 e. The van der Waals surface area contributed by atoms with Gasteiger partial charge in [0.25, 0.3) is 0 Å². The number of likely N-dealkylation sites (N-methyl/N-ethyl adjacent to an activating group) is 1. The molecule has 4 heteroatoms. The van der Waals surface area contributed by atoms with Crippen LogP contribution in [0.1, 0.15) is 51.5 Å². The number of thiol groups is 1. The lowest BCUT2D eigenvalue weighted by Crippen LogP contribution is -2.41. The molecule has 0 spiro atoms. The Morgan fingerprint density at radius 2 is 1.79 bits per heavy atom. The molecule has 0 aromatic heterocycles. The number of nitrogens with zero attached hydrogens (tertiary/aromatic N) is 1. The van der Waals surface area contributed by atoms with Crippen LogP contribution in [0.15, 0.2) is 30.3 Å². The maximum absolute atomic E-state index is 13.0. The fourth-order valence-corrected chi connectivity index (χ4v) is 4.12. The number of rotatable bonds is 8. The van der Waals surface area contributed by atoms with Gasteiger partial charge in [-0.2, -0.15) is 12.6 Å². The fraction of sp³-hybridized carbons (Fsp3) is 0.650. The van der Waals surface area contributed by atoms with E-state index < -0.39 is 4.75 Å². The Bertz CT molecular complexity index is 498. The maximum atomic E-state index is 13.0. The molecule has 1 aliphatic carbocycles. The van der Waals surface area contributed by atoms with Gasteiger partial charge in [0.2, 0.25) is 0 Å². The molecule has 0 saturated heterocycles. The molecule has 0 heterocycles. The maximum Gasteiger partial charge on any atom is 0.326 e. The van der Waals surface area contributed by atoms with Crippen LogP contribution in [-0.4, -0.2) is 37.1 Å². The van der Waals surface area contributed by atoms with Gasteiger partial charge in [-0.05, 0) is 37.4 Å². The van der Waals surface area contributed by atoms with E-state index in [2.05, 4.69) is 18.7 Å². The van der Waals surface area contributed by atoms with E-state index in [1.807, 2.05) is 30.3 Å². The molecule has 0 radical (unpaired) electrons. The highest BCUT2D eigenvalue weighted by Crippen LogP contribution is 2.45. The van der Waals surface area contributed by atoms with Crippen LogP contribution < -0.4 is 0 Å². The number of benzene rings is 1. The predicted octanol–water partition coefficient (Wildman–Crippen LogP) is 4.28. The highest BCUT2D eigenvalue weighted by Gasteiger charge is 2.45. The van der Waals surface area contributed by atoms with E-state index >= 15 is 0 Å². The minimum Gasteiger partial charge on any atom is -0.463 e. The van der Waals surface area contributed by atoms with Gasteiger partial charge in [0.15, 0.2) is 0 Å². The average Bonchev–Trinajstić information content (AvgIpc) is 2.65. The highest BCUT2D eigenvalue weighted by atomic mass is 32.1. The normalized spacial score (nSPS) is 18.3. The van der Waals surface area contributed by atoms with Gasteiger partial charge in [-0.3, -0.25) is 4.79 Å². The van der Waals surface area contributed by atoms with Crippen molar-refractivity contribution in [3.63, 3.8) is 0 Å². The Morgan fingerprint density at radius 1 is 1.17 bits per heavy atom. The first kappa shape index (κ1) is 19.3. The number of hydrogen-bond acceptors (Lipinski definition) is 4. The molecule has 1 saturated carbocycles. The van der Waals surface area contributed by atoms with Crippen molar-refractivity contribution in [1.82, 2.24) is 4.90 Å². The summed E-state index contributed by atoms with van der Waals surface area (Å²) in [5.41, 5.74) is 0.966. The lowest BCUT2D eigenvalue weighted by atomic mass is 9.76. The van der Waals surface area contributed by atoms with E-state index in [-0.39, 0.29) is 11.9 Å². The molecule has 0 unspecified atom stereocenters. The summed E-state index contributed by atoms with van der Waals surface area (Å²) in [6.45, 7) is 7.41. The van der Waals surface area contributed by atoms with Crippen molar-refractivity contribution in [2.45, 2.75) is 50.7 Å². The monoisotopic (exact) mass is 349 g/mol. The van der Waals surface area contributed by atoms with Crippen LogP contribution in [0.3, 0.4) is 0 Å². The largest absolute Gasteiger partial charge is 0.463 e. The summed E-state index contributed by atoms with van der Waals surface area (Å²) in [4.78, 5) is 15.3. The van der Waals surface area contributed by atoms with E-state index in [1.165, 1.54) is 19.3 Å². The van der Waals surface area contributed by atoms with Gasteiger partial charge in [0.1, 0.15) is 11.4 Å². The molecule has 0 N–H and O–H groups in total. The van der Waals surface area contributed by atoms with Crippen LogP contribution in [0.5, 0.6) is 0 Å². The van der Waals surface area contributed by atoms with Crippen molar-refractivity contribution >= 4 is 18.6 Å². The molecular formula is C20H31NO2S. The summed E-state index contributed by atoms with van der Waals surface area (Å²) < 4.78 is 4.86. The minimum atomic E-state index is -0.828. The molecule has 1 atom stereocenters. The number of esters is 1. The van der Waals surface area contributed by atoms with Crippen LogP contribution >= 0.6 is 12.6 Å². The van der Waals surface area contributed by atoms with Gasteiger partial charge >= 0.3 is 5.97 Å². The van der Waals surface area contributed by atoms with Crippen molar-refractivity contribution in [1.29, 1.82) is 0 Å². The fourth-order valence-electron chi connectivity index (χ4n) is 3.65. The Morgan fingerprint density at radius 3 is 2.38 bits per heavy atom. The summed E-state index contributed by atoms with van der Waals surface area (Å²) in [6.07, 6.45) is 5.69. The van der Waals surface area contributed by atoms with Crippen molar-refractivity contribution in [3.8, 4) is 0 Å². The molecule has 1 aliphatic rings. The van der Waals surface area contributed by atoms with E-state index in [9.17, 15) is 4.79 Å². The first-order valence-corrected chi connectivity index (χ1v) is 9.75. The Balaban J connectivity index is 2.11. The Hall–Kier alpha value is -1.00. The third-order valence-corrected chi connectivity index (χ3v) is 6.06. The summed E-state index contributed by atoms with van der Waals surface area (Å²) in [6, 6.07) is 9.95. The van der Waals surface area contributed by atoms with Crippen LogP contribution in [0.4, 0.5) is 0 Å². The second-order valence-corrected chi connectivity index (χ2v) is 7.34. The van der Waals surface area contributed by atoms with Crippen LogP contribution in [0.2, 0.25) is 0 Å². The SMILES string of the molecule is CCN(CC)CCOC(=O)[C@@](S)(c1ccccc1)C1CCCCC1. The number of ether oxygens (including phenoxy) is 1. The second-order valence-electron chi connectivity index (χ2n) is 6.63. The topological polar surface area (TPSA) is 29.5 Å². The lowest BCUT2D eigenvalue weighted by Gasteiger charge is -2.37. The average molecular weight is 350 g/mol. The molecule has 1 fully saturated rings. The van der Waals surface area contributed by atoms with Crippen LogP contribution in [0, 0.1) is 5.92 Å². The predicted molar refractivity (Wildman–Crippen MR) is 102 cm³/mol. The summed E-state index contributed by atoms with van der Waals surface area (Å²) in [7, 11) is 0. The Labute approximate surface area is 152 Å². The van der Waals surface area contributed by atoms with E-state index in [1.54, 1.807) is 0 Å². The van der Waals surface area contributed by atoms with E-state index in [0.29, 0.717) is 6.61 Å². The zero-order valence-electron chi connectivity index (χ0n) is 15.0. The molecule has 24 heavy (non-hydrogen) atoms. The quantitative estimate of drug-likeness (QED) is 0.561. The van der Waals surface area contributed by atoms with Crippen molar-refractivity contribution in [2.24, 2.45) is 5.92 Å². The summed E-state index contributed by atoms with van der Waals surface area (Å²) in [5, 5.41) is 0. The lowest BCUT2D eigenvalue weighted by molar-refractivity contribution is -0.149. The van der Waals surface area contributed by atoms with Gasteiger partial charge < -0.3 is 9.64 Å². The zero-order valence-corrected chi connectivity index (χ0v) is 15.9. The molecule has 0 aliphatic heterocycles. The van der Waals surface area contributed by atoms with Crippen molar-refractivity contribution < 1.29 is 9.53 Å². The molecule has 0 amide bonds. The summed E-state index contributed by atoms with van der Waals surface area (Å²) >= 11 is 4.93. The third-order valence-electron chi connectivity index (χ3n) is 5.26. The summed E-state index contributed by atoms with van der Waals surface area (Å²) in [5.74, 6) is 0.0639. The molecule has 134 valence electrons. The molecule has 3 nitrogen and oxygen atoms in total. The molecular weight excluding hydrogens is 318 g/mol. The molecule has 1 aromatic carbocycles. The van der Waals surface area contributed by atoms with Gasteiger partial charge in [-0.1, -0.05) is 63.4 Å². The minimum absolute atomic E-state index is 0.184. The van der Waals surface area contributed by atoms with Crippen molar-refractivity contribution in [2.75, 3.05) is 26.2 Å². The first-order chi connectivity index (χ1) is 11.6. The van der Waals surface area contributed by atoms with Crippen LogP contribution in [-0.2, 0) is 14.3 Å². The molecule has 2 rings (SSSR count). The highest BCUT2D eigenvalue weighted by molar-refractivity contribution is 7.82. The zero-order chi connectivity index (χ0) is 17.4. The molecule has 1 aromatic rings. The van der Waals surface area contributed by atoms with Gasteiger partial charge in [0.05, 0.1) is 0 Å². The van der Waals surface area contributed by atoms with Gasteiger partial charge in [-0.25, -0.2) is 0 Å². The number of carbonyl (C=O) groups excluding carboxylic acids is 1. The standard InChI is InChI=1S/C20H31NO2S/c1-3-21(4-2)15-16-23-19(22)20(24,17-11-7-5-8-12-17)18-13-9-6-10-14-18/h5,7-8,11-12,18,24H,3-4,6,9-10,13-16H2,1-2H3/t20-/m1/s1. The van der Waals surface area contributed by atoms with E-state index in [0.717, 1.165) is 38.0 Å². The second kappa shape index (κ2) is 9.47. The number of carbonyl (C=O) groups is 1. The first-order valence-electron chi connectivity index (χ1n) is 9.30. The third kappa shape index (κ3) is 4.54. The Kier molecular flexibility index (Phi) is 7.63. The van der Waals surface area contributed by atoms with Gasteiger partial charge in [-0.15, -0.1) is 0 Å². The van der Waals surface area contributed by atoms with Gasteiger partial charge in [0, 0.05) is 6.54 Å². The van der Waals surface area contributed by atoms with E-state index in [4.69, 9.17) is 17.4 Å². The molecule has 0 bridgehead atoms.